The Labute approximate surface area is 103 Å². The average molecular weight is 264 g/mol. The van der Waals surface area contributed by atoms with Crippen LogP contribution in [0.25, 0.3) is 5.69 Å². The predicted molar refractivity (Wildman–Crippen MR) is 61.9 cm³/mol. The largest absolute Gasteiger partial charge is 0.397 e. The summed E-state index contributed by atoms with van der Waals surface area (Å²) in [5.74, 6) is -0.0459. The first-order valence-corrected chi connectivity index (χ1v) is 6.21. The molecule has 0 aliphatic heterocycles. The van der Waals surface area contributed by atoms with Crippen LogP contribution < -0.4 is 10.9 Å². The maximum Gasteiger partial charge on any atom is 0.252 e. The molecular weight excluding hydrogens is 256 g/mol. The van der Waals surface area contributed by atoms with Crippen LogP contribution in [0.4, 0.5) is 5.69 Å². The molecule has 2 rings (SSSR count). The highest BCUT2D eigenvalue weighted by molar-refractivity contribution is 7.89. The lowest BCUT2D eigenvalue weighted by atomic mass is 10.3. The van der Waals surface area contributed by atoms with Gasteiger partial charge in [-0.25, -0.2) is 23.2 Å². The number of aromatic nitrogens is 3. The van der Waals surface area contributed by atoms with Crippen LogP contribution in [0.3, 0.4) is 0 Å². The van der Waals surface area contributed by atoms with Crippen molar-refractivity contribution < 1.29 is 8.42 Å². The lowest BCUT2D eigenvalue weighted by molar-refractivity contribution is 0.597. The van der Waals surface area contributed by atoms with Gasteiger partial charge in [0, 0.05) is 0 Å². The SMILES string of the molecule is N#Cc1ncn(-c2cc(S(N)(=O)=O)ccc2N)n1. The molecule has 0 fully saturated rings. The number of primary sulfonamides is 1. The van der Waals surface area contributed by atoms with Crippen LogP contribution in [0.2, 0.25) is 0 Å². The molecule has 4 N–H and O–H groups in total. The van der Waals surface area contributed by atoms with Gasteiger partial charge in [-0.3, -0.25) is 0 Å². The molecule has 8 nitrogen and oxygen atoms in total. The summed E-state index contributed by atoms with van der Waals surface area (Å²) in [6.07, 6.45) is 1.26. The van der Waals surface area contributed by atoms with Gasteiger partial charge >= 0.3 is 0 Å². The Morgan fingerprint density at radius 2 is 2.11 bits per heavy atom. The smallest absolute Gasteiger partial charge is 0.252 e. The molecule has 92 valence electrons. The van der Waals surface area contributed by atoms with Gasteiger partial charge in [-0.2, -0.15) is 5.26 Å². The Morgan fingerprint density at radius 1 is 1.39 bits per heavy atom. The fourth-order valence-electron chi connectivity index (χ4n) is 1.33. The first-order valence-electron chi connectivity index (χ1n) is 4.66. The maximum absolute atomic E-state index is 11.2. The van der Waals surface area contributed by atoms with Crippen LogP contribution in [0.15, 0.2) is 29.4 Å². The van der Waals surface area contributed by atoms with Crippen molar-refractivity contribution in [2.45, 2.75) is 4.90 Å². The number of nitriles is 1. The van der Waals surface area contributed by atoms with E-state index in [9.17, 15) is 8.42 Å². The fourth-order valence-corrected chi connectivity index (χ4v) is 1.86. The summed E-state index contributed by atoms with van der Waals surface area (Å²) in [6.45, 7) is 0. The number of nitrogen functional groups attached to an aromatic ring is 1. The third-order valence-corrected chi connectivity index (χ3v) is 3.08. The van der Waals surface area contributed by atoms with Crippen LogP contribution >= 0.6 is 0 Å². The van der Waals surface area contributed by atoms with E-state index in [4.69, 9.17) is 16.1 Å². The molecule has 1 aromatic heterocycles. The van der Waals surface area contributed by atoms with Crippen LogP contribution in [-0.2, 0) is 10.0 Å². The van der Waals surface area contributed by atoms with Crippen molar-refractivity contribution in [2.75, 3.05) is 5.73 Å². The number of rotatable bonds is 2. The second kappa shape index (κ2) is 4.10. The Kier molecular flexibility index (Phi) is 2.74. The molecule has 0 radical (unpaired) electrons. The van der Waals surface area contributed by atoms with E-state index in [1.54, 1.807) is 6.07 Å². The predicted octanol–water partition coefficient (Wildman–Crippen LogP) is -0.631. The van der Waals surface area contributed by atoms with Crippen LogP contribution in [-0.4, -0.2) is 23.2 Å². The zero-order valence-corrected chi connectivity index (χ0v) is 9.79. The lowest BCUT2D eigenvalue weighted by Crippen LogP contribution is -2.13. The average Bonchev–Trinajstić information content (AvgIpc) is 2.76. The van der Waals surface area contributed by atoms with Crippen molar-refractivity contribution in [1.82, 2.24) is 14.8 Å². The second-order valence-corrected chi connectivity index (χ2v) is 4.95. The Balaban J connectivity index is 2.61. The molecule has 0 aliphatic rings. The molecule has 0 saturated heterocycles. The monoisotopic (exact) mass is 264 g/mol. The quantitative estimate of drug-likeness (QED) is 0.691. The Morgan fingerprint density at radius 3 is 2.67 bits per heavy atom. The van der Waals surface area contributed by atoms with Crippen molar-refractivity contribution in [3.05, 3.63) is 30.4 Å². The molecular formula is C9H8N6O2S. The molecule has 9 heteroatoms. The molecule has 1 heterocycles. The third kappa shape index (κ3) is 2.15. The topological polar surface area (TPSA) is 141 Å². The first-order chi connectivity index (χ1) is 8.41. The summed E-state index contributed by atoms with van der Waals surface area (Å²) in [5, 5.41) is 17.4. The van der Waals surface area contributed by atoms with Gasteiger partial charge in [-0.05, 0) is 18.2 Å². The van der Waals surface area contributed by atoms with Crippen molar-refractivity contribution in [3.63, 3.8) is 0 Å². The van der Waals surface area contributed by atoms with Crippen molar-refractivity contribution >= 4 is 15.7 Å². The van der Waals surface area contributed by atoms with Gasteiger partial charge in [0.05, 0.1) is 16.3 Å². The van der Waals surface area contributed by atoms with Crippen molar-refractivity contribution in [2.24, 2.45) is 5.14 Å². The lowest BCUT2D eigenvalue weighted by Gasteiger charge is -2.06. The van der Waals surface area contributed by atoms with Gasteiger partial charge in [0.25, 0.3) is 5.82 Å². The highest BCUT2D eigenvalue weighted by Crippen LogP contribution is 2.20. The summed E-state index contributed by atoms with van der Waals surface area (Å²) in [6, 6.07) is 5.70. The Hall–Kier alpha value is -2.44. The molecule has 0 bridgehead atoms. The number of benzene rings is 1. The van der Waals surface area contributed by atoms with Gasteiger partial charge in [0.2, 0.25) is 10.0 Å². The van der Waals surface area contributed by atoms with Gasteiger partial charge in [0.1, 0.15) is 12.4 Å². The minimum atomic E-state index is -3.83. The van der Waals surface area contributed by atoms with Gasteiger partial charge in [-0.15, -0.1) is 5.10 Å². The number of anilines is 1. The Bertz CT molecular complexity index is 743. The number of sulfonamides is 1. The summed E-state index contributed by atoms with van der Waals surface area (Å²) >= 11 is 0. The van der Waals surface area contributed by atoms with Crippen molar-refractivity contribution in [3.8, 4) is 11.8 Å². The fraction of sp³-hybridized carbons (Fsp3) is 0. The van der Waals surface area contributed by atoms with Crippen LogP contribution in [0, 0.1) is 11.3 Å². The van der Waals surface area contributed by atoms with Gasteiger partial charge in [-0.1, -0.05) is 0 Å². The zero-order chi connectivity index (χ0) is 13.3. The normalized spacial score (nSPS) is 11.1. The molecule has 0 saturated carbocycles. The number of hydrogen-bond acceptors (Lipinski definition) is 6. The summed E-state index contributed by atoms with van der Waals surface area (Å²) < 4.78 is 23.7. The zero-order valence-electron chi connectivity index (χ0n) is 8.98. The van der Waals surface area contributed by atoms with E-state index in [1.807, 2.05) is 0 Å². The van der Waals surface area contributed by atoms with Crippen LogP contribution in [0.5, 0.6) is 0 Å². The highest BCUT2D eigenvalue weighted by Gasteiger charge is 2.12. The van der Waals surface area contributed by atoms with E-state index in [2.05, 4.69) is 10.1 Å². The molecule has 0 atom stereocenters. The summed E-state index contributed by atoms with van der Waals surface area (Å²) in [4.78, 5) is 3.60. The summed E-state index contributed by atoms with van der Waals surface area (Å²) in [5.41, 5.74) is 6.28. The van der Waals surface area contributed by atoms with Gasteiger partial charge < -0.3 is 5.73 Å². The minimum absolute atomic E-state index is 0.0459. The molecule has 0 amide bonds. The third-order valence-electron chi connectivity index (χ3n) is 2.17. The van der Waals surface area contributed by atoms with E-state index >= 15 is 0 Å². The van der Waals surface area contributed by atoms with E-state index in [1.165, 1.54) is 29.2 Å². The van der Waals surface area contributed by atoms with E-state index in [-0.39, 0.29) is 22.1 Å². The number of nitrogens with two attached hydrogens (primary N) is 2. The summed E-state index contributed by atoms with van der Waals surface area (Å²) in [7, 11) is -3.83. The molecule has 2 aromatic rings. The number of hydrogen-bond donors (Lipinski definition) is 2. The van der Waals surface area contributed by atoms with Crippen molar-refractivity contribution in [1.29, 1.82) is 5.26 Å². The molecule has 0 unspecified atom stereocenters. The molecule has 18 heavy (non-hydrogen) atoms. The minimum Gasteiger partial charge on any atom is -0.397 e. The second-order valence-electron chi connectivity index (χ2n) is 3.39. The standard InChI is InChI=1S/C9H8N6O2S/c10-4-9-13-5-15(14-9)8-3-6(18(12,16)17)1-2-7(8)11/h1-3,5H,11H2,(H2,12,16,17). The van der Waals surface area contributed by atoms with E-state index in [0.29, 0.717) is 0 Å². The number of nitrogens with zero attached hydrogens (tertiary/aromatic N) is 4. The van der Waals surface area contributed by atoms with Gasteiger partial charge in [0.15, 0.2) is 0 Å². The van der Waals surface area contributed by atoms with E-state index in [0.717, 1.165) is 0 Å². The molecule has 0 spiro atoms. The van der Waals surface area contributed by atoms with Crippen LogP contribution in [0.1, 0.15) is 5.82 Å². The molecule has 1 aromatic carbocycles. The molecule has 0 aliphatic carbocycles. The maximum atomic E-state index is 11.2. The first kappa shape index (κ1) is 12.0. The van der Waals surface area contributed by atoms with E-state index < -0.39 is 10.0 Å². The highest BCUT2D eigenvalue weighted by atomic mass is 32.2.